The number of hydrogen-bond acceptors (Lipinski definition) is 5. The van der Waals surface area contributed by atoms with E-state index < -0.39 is 0 Å². The summed E-state index contributed by atoms with van der Waals surface area (Å²) in [5.41, 5.74) is 4.25. The summed E-state index contributed by atoms with van der Waals surface area (Å²) >= 11 is 0. The molecule has 0 atom stereocenters. The molecular weight excluding hydrogens is 346 g/mol. The molecule has 0 amide bonds. The molecule has 5 heteroatoms. The van der Waals surface area contributed by atoms with Crippen molar-refractivity contribution >= 4 is 17.7 Å². The lowest BCUT2D eigenvalue weighted by Crippen LogP contribution is -2.62. The Morgan fingerprint density at radius 1 is 1.07 bits per heavy atom. The van der Waals surface area contributed by atoms with E-state index in [-0.39, 0.29) is 11.1 Å². The molecule has 1 fully saturated rings. The summed E-state index contributed by atoms with van der Waals surface area (Å²) in [6, 6.07) is 10.8. The SMILES string of the molecule is C/C=N\c1cc(-c2ccc(N(C)C3CC(C)(C)NC(C)(C)C3)nn2)ccc1C. The lowest BCUT2D eigenvalue weighted by atomic mass is 9.79. The van der Waals surface area contributed by atoms with Crippen LogP contribution in [0.5, 0.6) is 0 Å². The van der Waals surface area contributed by atoms with Crippen LogP contribution in [0.2, 0.25) is 0 Å². The van der Waals surface area contributed by atoms with Gasteiger partial charge in [-0.15, -0.1) is 10.2 Å². The van der Waals surface area contributed by atoms with E-state index in [1.165, 1.54) is 0 Å². The Labute approximate surface area is 169 Å². The van der Waals surface area contributed by atoms with Crippen molar-refractivity contribution in [2.75, 3.05) is 11.9 Å². The van der Waals surface area contributed by atoms with E-state index in [1.807, 2.05) is 13.1 Å². The molecule has 0 bridgehead atoms. The molecule has 1 aromatic carbocycles. The van der Waals surface area contributed by atoms with Crippen molar-refractivity contribution in [1.29, 1.82) is 0 Å². The Bertz CT molecular complexity index is 836. The lowest BCUT2D eigenvalue weighted by molar-refractivity contribution is 0.160. The van der Waals surface area contributed by atoms with Gasteiger partial charge < -0.3 is 10.2 Å². The van der Waals surface area contributed by atoms with Gasteiger partial charge in [0.05, 0.1) is 11.4 Å². The maximum absolute atomic E-state index is 4.54. The molecule has 1 aliphatic rings. The van der Waals surface area contributed by atoms with Crippen LogP contribution in [0.3, 0.4) is 0 Å². The van der Waals surface area contributed by atoms with Gasteiger partial charge in [0.25, 0.3) is 0 Å². The van der Waals surface area contributed by atoms with Gasteiger partial charge in [0.15, 0.2) is 5.82 Å². The molecule has 2 aromatic rings. The first kappa shape index (κ1) is 20.5. The minimum Gasteiger partial charge on any atom is -0.355 e. The van der Waals surface area contributed by atoms with Gasteiger partial charge in [0, 0.05) is 35.9 Å². The molecule has 1 N–H and O–H groups in total. The zero-order valence-corrected chi connectivity index (χ0v) is 18.2. The second kappa shape index (κ2) is 7.63. The second-order valence-electron chi connectivity index (χ2n) is 9.23. The Morgan fingerprint density at radius 2 is 1.75 bits per heavy atom. The van der Waals surface area contributed by atoms with Crippen LogP contribution in [0.15, 0.2) is 35.3 Å². The van der Waals surface area contributed by atoms with Crippen LogP contribution in [-0.4, -0.2) is 40.6 Å². The number of rotatable bonds is 4. The molecule has 0 unspecified atom stereocenters. The molecule has 150 valence electrons. The van der Waals surface area contributed by atoms with Crippen LogP contribution in [-0.2, 0) is 0 Å². The molecule has 0 aliphatic carbocycles. The van der Waals surface area contributed by atoms with E-state index in [2.05, 4.69) is 97.4 Å². The highest BCUT2D eigenvalue weighted by molar-refractivity contribution is 5.69. The molecule has 2 heterocycles. The van der Waals surface area contributed by atoms with Crippen LogP contribution in [0.1, 0.15) is 53.0 Å². The second-order valence-corrected chi connectivity index (χ2v) is 9.23. The number of benzene rings is 1. The molecule has 0 spiro atoms. The summed E-state index contributed by atoms with van der Waals surface area (Å²) in [5.74, 6) is 0.918. The molecule has 5 nitrogen and oxygen atoms in total. The number of aliphatic imine (C=N–C) groups is 1. The summed E-state index contributed by atoms with van der Waals surface area (Å²) in [4.78, 5) is 6.72. The highest BCUT2D eigenvalue weighted by Crippen LogP contribution is 2.33. The van der Waals surface area contributed by atoms with Crippen molar-refractivity contribution in [3.8, 4) is 11.3 Å². The first-order chi connectivity index (χ1) is 13.1. The number of hydrogen-bond donors (Lipinski definition) is 1. The molecule has 0 radical (unpaired) electrons. The Balaban J connectivity index is 1.82. The van der Waals surface area contributed by atoms with Gasteiger partial charge in [-0.2, -0.15) is 0 Å². The normalized spacial score (nSPS) is 19.1. The topological polar surface area (TPSA) is 53.4 Å². The van der Waals surface area contributed by atoms with E-state index in [1.54, 1.807) is 0 Å². The first-order valence-electron chi connectivity index (χ1n) is 10.1. The van der Waals surface area contributed by atoms with E-state index in [0.29, 0.717) is 6.04 Å². The Kier molecular flexibility index (Phi) is 5.57. The summed E-state index contributed by atoms with van der Waals surface area (Å²) in [7, 11) is 2.13. The minimum absolute atomic E-state index is 0.103. The van der Waals surface area contributed by atoms with Gasteiger partial charge in [-0.3, -0.25) is 4.99 Å². The average molecular weight is 380 g/mol. The van der Waals surface area contributed by atoms with Crippen LogP contribution in [0, 0.1) is 6.92 Å². The molecule has 1 saturated heterocycles. The van der Waals surface area contributed by atoms with Gasteiger partial charge in [-0.1, -0.05) is 12.1 Å². The third-order valence-corrected chi connectivity index (χ3v) is 5.50. The number of aromatic nitrogens is 2. The molecule has 0 saturated carbocycles. The van der Waals surface area contributed by atoms with E-state index >= 15 is 0 Å². The predicted octanol–water partition coefficient (Wildman–Crippen LogP) is 4.92. The Hall–Kier alpha value is -2.27. The van der Waals surface area contributed by atoms with Gasteiger partial charge in [-0.05, 0) is 78.1 Å². The summed E-state index contributed by atoms with van der Waals surface area (Å²) in [6.07, 6.45) is 3.97. The highest BCUT2D eigenvalue weighted by Gasteiger charge is 2.39. The molecular formula is C23H33N5. The average Bonchev–Trinajstić information content (AvgIpc) is 2.61. The van der Waals surface area contributed by atoms with Gasteiger partial charge in [0.1, 0.15) is 0 Å². The fraction of sp³-hybridized carbons (Fsp3) is 0.522. The number of anilines is 1. The fourth-order valence-corrected chi connectivity index (χ4v) is 4.44. The molecule has 1 aliphatic heterocycles. The van der Waals surface area contributed by atoms with Crippen LogP contribution >= 0.6 is 0 Å². The molecule has 3 rings (SSSR count). The van der Waals surface area contributed by atoms with Crippen molar-refractivity contribution in [3.63, 3.8) is 0 Å². The maximum Gasteiger partial charge on any atom is 0.151 e. The van der Waals surface area contributed by atoms with E-state index in [0.717, 1.165) is 41.2 Å². The van der Waals surface area contributed by atoms with Crippen molar-refractivity contribution in [2.45, 2.75) is 71.5 Å². The predicted molar refractivity (Wildman–Crippen MR) is 119 cm³/mol. The van der Waals surface area contributed by atoms with Crippen LogP contribution in [0.25, 0.3) is 11.3 Å². The third kappa shape index (κ3) is 4.58. The van der Waals surface area contributed by atoms with E-state index in [4.69, 9.17) is 0 Å². The number of nitrogens with zero attached hydrogens (tertiary/aromatic N) is 4. The zero-order chi connectivity index (χ0) is 20.5. The number of nitrogens with one attached hydrogen (secondary N) is 1. The van der Waals surface area contributed by atoms with Gasteiger partial charge in [0.2, 0.25) is 0 Å². The number of piperidine rings is 1. The van der Waals surface area contributed by atoms with Crippen molar-refractivity contribution in [3.05, 3.63) is 35.9 Å². The van der Waals surface area contributed by atoms with Crippen molar-refractivity contribution < 1.29 is 0 Å². The zero-order valence-electron chi connectivity index (χ0n) is 18.2. The van der Waals surface area contributed by atoms with Gasteiger partial charge >= 0.3 is 0 Å². The van der Waals surface area contributed by atoms with Gasteiger partial charge in [-0.25, -0.2) is 0 Å². The largest absolute Gasteiger partial charge is 0.355 e. The monoisotopic (exact) mass is 379 g/mol. The van der Waals surface area contributed by atoms with Crippen molar-refractivity contribution in [2.24, 2.45) is 4.99 Å². The standard InChI is InChI=1S/C23H33N5/c1-8-24-20-13-17(10-9-16(20)2)19-11-12-21(26-25-19)28(7)18-14-22(3,4)27-23(5,6)15-18/h8-13,18,27H,14-15H2,1-7H3/b24-8-. The third-order valence-electron chi connectivity index (χ3n) is 5.50. The van der Waals surface area contributed by atoms with E-state index in [9.17, 15) is 0 Å². The Morgan fingerprint density at radius 3 is 2.32 bits per heavy atom. The lowest BCUT2D eigenvalue weighted by Gasteiger charge is -2.49. The summed E-state index contributed by atoms with van der Waals surface area (Å²) in [6.45, 7) is 13.1. The maximum atomic E-state index is 4.54. The van der Waals surface area contributed by atoms with Crippen LogP contribution in [0.4, 0.5) is 11.5 Å². The van der Waals surface area contributed by atoms with Crippen molar-refractivity contribution in [1.82, 2.24) is 15.5 Å². The smallest absolute Gasteiger partial charge is 0.151 e. The minimum atomic E-state index is 0.103. The summed E-state index contributed by atoms with van der Waals surface area (Å²) in [5, 5.41) is 12.8. The number of aryl methyl sites for hydroxylation is 1. The molecule has 28 heavy (non-hydrogen) atoms. The first-order valence-corrected chi connectivity index (χ1v) is 10.1. The molecule has 1 aromatic heterocycles. The summed E-state index contributed by atoms with van der Waals surface area (Å²) < 4.78 is 0. The van der Waals surface area contributed by atoms with Crippen LogP contribution < -0.4 is 10.2 Å². The highest BCUT2D eigenvalue weighted by atomic mass is 15.3. The quantitative estimate of drug-likeness (QED) is 0.766. The fourth-order valence-electron chi connectivity index (χ4n) is 4.44.